The van der Waals surface area contributed by atoms with Crippen LogP contribution >= 0.6 is 0 Å². The maximum absolute atomic E-state index is 10.9. The van der Waals surface area contributed by atoms with E-state index in [0.29, 0.717) is 24.2 Å². The molecule has 0 aromatic heterocycles. The van der Waals surface area contributed by atoms with E-state index in [0.717, 1.165) is 44.9 Å². The quantitative estimate of drug-likeness (QED) is 0.452. The zero-order valence-corrected chi connectivity index (χ0v) is 17.4. The van der Waals surface area contributed by atoms with Crippen molar-refractivity contribution >= 4 is 5.97 Å². The van der Waals surface area contributed by atoms with Gasteiger partial charge in [0.15, 0.2) is 0 Å². The van der Waals surface area contributed by atoms with Crippen LogP contribution in [0.2, 0.25) is 0 Å². The molecule has 0 spiro atoms. The summed E-state index contributed by atoms with van der Waals surface area (Å²) < 4.78 is 0. The Morgan fingerprint density at radius 2 is 2.04 bits per heavy atom. The number of aliphatic hydroxyl groups excluding tert-OH is 1. The van der Waals surface area contributed by atoms with Crippen molar-refractivity contribution in [2.24, 2.45) is 29.6 Å². The lowest BCUT2D eigenvalue weighted by Gasteiger charge is -2.55. The molecule has 4 heteroatoms. The Labute approximate surface area is 169 Å². The van der Waals surface area contributed by atoms with Gasteiger partial charge in [0.05, 0.1) is 12.0 Å². The van der Waals surface area contributed by atoms with Crippen molar-refractivity contribution in [3.8, 4) is 11.8 Å². The molecule has 0 saturated heterocycles. The number of carboxylic acids is 1. The Balaban J connectivity index is 1.77. The lowest BCUT2D eigenvalue weighted by molar-refractivity contribution is -0.136. The zero-order chi connectivity index (χ0) is 20.3. The predicted molar refractivity (Wildman–Crippen MR) is 109 cm³/mol. The van der Waals surface area contributed by atoms with Gasteiger partial charge in [-0.3, -0.25) is 4.79 Å². The first-order valence-electron chi connectivity index (χ1n) is 11.2. The summed E-state index contributed by atoms with van der Waals surface area (Å²) in [5.41, 5.74) is 0.456. The van der Waals surface area contributed by atoms with Crippen LogP contribution in [-0.2, 0) is 4.79 Å². The Bertz CT molecular complexity index is 649. The van der Waals surface area contributed by atoms with E-state index in [4.69, 9.17) is 5.11 Å². The van der Waals surface area contributed by atoms with Crippen LogP contribution in [0, 0.1) is 41.4 Å². The first kappa shape index (κ1) is 21.4. The van der Waals surface area contributed by atoms with Crippen LogP contribution in [0.15, 0.2) is 11.6 Å². The number of hydrogen-bond acceptors (Lipinski definition) is 3. The average molecular weight is 389 g/mol. The Kier molecular flexibility index (Phi) is 6.89. The van der Waals surface area contributed by atoms with Crippen molar-refractivity contribution in [3.63, 3.8) is 0 Å². The molecular weight excluding hydrogens is 352 g/mol. The van der Waals surface area contributed by atoms with E-state index in [1.54, 1.807) is 0 Å². The minimum absolute atomic E-state index is 0.0798. The van der Waals surface area contributed by atoms with Gasteiger partial charge in [0, 0.05) is 6.42 Å². The van der Waals surface area contributed by atoms with Crippen LogP contribution in [0.3, 0.4) is 0 Å². The van der Waals surface area contributed by atoms with Crippen molar-refractivity contribution in [3.05, 3.63) is 11.6 Å². The Hall–Kier alpha value is -1.31. The number of rotatable bonds is 7. The highest BCUT2D eigenvalue weighted by atomic mass is 16.4. The fourth-order valence-electron chi connectivity index (χ4n) is 5.47. The number of fused-ring (bicyclic) bond motifs is 1. The fourth-order valence-corrected chi connectivity index (χ4v) is 5.47. The van der Waals surface area contributed by atoms with Gasteiger partial charge in [-0.05, 0) is 69.1 Å². The highest BCUT2D eigenvalue weighted by Crippen LogP contribution is 2.57. The molecule has 2 unspecified atom stereocenters. The summed E-state index contributed by atoms with van der Waals surface area (Å²) in [6, 6.07) is 0. The van der Waals surface area contributed by atoms with E-state index in [1.165, 1.54) is 12.0 Å². The number of carbonyl (C=O) groups is 1. The van der Waals surface area contributed by atoms with Gasteiger partial charge in [0.1, 0.15) is 5.60 Å². The molecule has 3 aliphatic carbocycles. The number of aliphatic carboxylic acids is 1. The summed E-state index contributed by atoms with van der Waals surface area (Å²) in [4.78, 5) is 10.9. The topological polar surface area (TPSA) is 77.8 Å². The van der Waals surface area contributed by atoms with Gasteiger partial charge in [-0.1, -0.05) is 49.7 Å². The van der Waals surface area contributed by atoms with E-state index >= 15 is 0 Å². The summed E-state index contributed by atoms with van der Waals surface area (Å²) >= 11 is 0. The summed E-state index contributed by atoms with van der Waals surface area (Å²) in [6.07, 6.45) is 10.8. The van der Waals surface area contributed by atoms with Gasteiger partial charge in [-0.25, -0.2) is 0 Å². The molecule has 156 valence electrons. The van der Waals surface area contributed by atoms with Gasteiger partial charge < -0.3 is 15.3 Å². The second-order valence-corrected chi connectivity index (χ2v) is 9.28. The molecule has 0 radical (unpaired) electrons. The molecule has 3 aliphatic rings. The molecule has 3 saturated carbocycles. The molecule has 0 heterocycles. The molecule has 0 aliphatic heterocycles. The van der Waals surface area contributed by atoms with Crippen molar-refractivity contribution in [2.45, 2.75) is 89.8 Å². The lowest BCUT2D eigenvalue weighted by Crippen LogP contribution is -2.51. The van der Waals surface area contributed by atoms with Gasteiger partial charge in [0.25, 0.3) is 0 Å². The first-order chi connectivity index (χ1) is 13.3. The van der Waals surface area contributed by atoms with E-state index in [2.05, 4.69) is 24.8 Å². The maximum atomic E-state index is 10.9. The monoisotopic (exact) mass is 388 g/mol. The van der Waals surface area contributed by atoms with E-state index in [9.17, 15) is 15.0 Å². The summed E-state index contributed by atoms with van der Waals surface area (Å²) in [6.45, 7) is 4.01. The van der Waals surface area contributed by atoms with E-state index in [-0.39, 0.29) is 18.3 Å². The third kappa shape index (κ3) is 4.47. The number of unbranched alkanes of at least 4 members (excludes halogenated alkanes) is 1. The first-order valence-corrected chi connectivity index (χ1v) is 11.2. The molecule has 28 heavy (non-hydrogen) atoms. The van der Waals surface area contributed by atoms with Gasteiger partial charge >= 0.3 is 5.97 Å². The van der Waals surface area contributed by atoms with Crippen molar-refractivity contribution in [1.82, 2.24) is 0 Å². The molecule has 0 aromatic carbocycles. The average Bonchev–Trinajstić information content (AvgIpc) is 2.56. The lowest BCUT2D eigenvalue weighted by atomic mass is 9.50. The fraction of sp³-hybridized carbons (Fsp3) is 0.792. The molecule has 3 fully saturated rings. The largest absolute Gasteiger partial charge is 0.481 e. The van der Waals surface area contributed by atoms with Crippen LogP contribution in [0.4, 0.5) is 0 Å². The maximum Gasteiger partial charge on any atom is 0.303 e. The second-order valence-electron chi connectivity index (χ2n) is 9.28. The third-order valence-corrected chi connectivity index (χ3v) is 7.39. The number of carboxylic acid groups (broad SMARTS) is 1. The van der Waals surface area contributed by atoms with Gasteiger partial charge in [-0.2, -0.15) is 0 Å². The second kappa shape index (κ2) is 9.01. The molecule has 3 N–H and O–H groups in total. The Morgan fingerprint density at radius 3 is 2.64 bits per heavy atom. The summed E-state index contributed by atoms with van der Waals surface area (Å²) in [7, 11) is 0. The smallest absolute Gasteiger partial charge is 0.303 e. The molecular formula is C24H36O4. The number of aliphatic hydroxyl groups is 2. The van der Waals surface area contributed by atoms with Crippen LogP contribution in [-0.4, -0.2) is 33.0 Å². The van der Waals surface area contributed by atoms with E-state index in [1.807, 2.05) is 6.92 Å². The number of hydrogen-bond donors (Lipinski definition) is 3. The molecule has 0 amide bonds. The van der Waals surface area contributed by atoms with Crippen molar-refractivity contribution in [1.29, 1.82) is 0 Å². The summed E-state index contributed by atoms with van der Waals surface area (Å²) in [5, 5.41) is 30.4. The molecule has 0 bridgehead atoms. The zero-order valence-electron chi connectivity index (χ0n) is 17.4. The van der Waals surface area contributed by atoms with Crippen LogP contribution in [0.5, 0.6) is 0 Å². The predicted octanol–water partition coefficient (Wildman–Crippen LogP) is 4.16. The van der Waals surface area contributed by atoms with Gasteiger partial charge in [0.2, 0.25) is 0 Å². The standard InChI is InChI=1S/C24H36O4/c1-3-4-9-18-17(10-6-11-22(26)27)19-12-13-21(25)20(23(18)19)14-15-24(2,28)16-7-5-8-16/h10,16,18-21,23,25,28H,3-9,11-13H2,1-2H3,(H,26,27)/t18?,19-,20+,21-,23+,24?/m1/s1. The molecule has 6 atom stereocenters. The molecule has 4 nitrogen and oxygen atoms in total. The Morgan fingerprint density at radius 1 is 1.29 bits per heavy atom. The van der Waals surface area contributed by atoms with Crippen LogP contribution < -0.4 is 0 Å². The third-order valence-electron chi connectivity index (χ3n) is 7.39. The van der Waals surface area contributed by atoms with Gasteiger partial charge in [-0.15, -0.1) is 0 Å². The van der Waals surface area contributed by atoms with Crippen LogP contribution in [0.25, 0.3) is 0 Å². The van der Waals surface area contributed by atoms with Crippen LogP contribution in [0.1, 0.15) is 78.1 Å². The number of allylic oxidation sites excluding steroid dienone is 2. The van der Waals surface area contributed by atoms with Crippen molar-refractivity contribution < 1.29 is 20.1 Å². The summed E-state index contributed by atoms with van der Waals surface area (Å²) in [5.74, 6) is 7.07. The highest BCUT2D eigenvalue weighted by Gasteiger charge is 2.52. The highest BCUT2D eigenvalue weighted by molar-refractivity contribution is 5.66. The minimum Gasteiger partial charge on any atom is -0.481 e. The molecule has 0 aromatic rings. The molecule has 3 rings (SSSR count). The normalized spacial score (nSPS) is 35.7. The van der Waals surface area contributed by atoms with E-state index < -0.39 is 17.7 Å². The SMILES string of the molecule is CCCCC1C(=CCCC(=O)O)[C@H]2CC[C@@H](O)[C@H](C#CC(C)(O)C3CCC3)[C@@H]12. The minimum atomic E-state index is -0.951. The van der Waals surface area contributed by atoms with Crippen molar-refractivity contribution in [2.75, 3.05) is 0 Å².